The normalized spacial score (nSPS) is 20.7. The summed E-state index contributed by atoms with van der Waals surface area (Å²) >= 11 is 4.19. The molecular formula is C13H18N2O2S. The highest BCUT2D eigenvalue weighted by Gasteiger charge is 2.18. The Morgan fingerprint density at radius 3 is 2.89 bits per heavy atom. The van der Waals surface area contributed by atoms with Gasteiger partial charge in [0.2, 0.25) is 0 Å². The molecule has 1 aromatic carbocycles. The molecule has 1 atom stereocenters. The Morgan fingerprint density at radius 1 is 1.50 bits per heavy atom. The number of morpholine rings is 1. The number of rotatable bonds is 3. The average Bonchev–Trinajstić information content (AvgIpc) is 2.37. The van der Waals surface area contributed by atoms with Crippen molar-refractivity contribution in [3.63, 3.8) is 0 Å². The zero-order chi connectivity index (χ0) is 13.0. The maximum atomic E-state index is 11.9. The lowest BCUT2D eigenvalue weighted by Crippen LogP contribution is -2.45. The van der Waals surface area contributed by atoms with Crippen LogP contribution in [-0.4, -0.2) is 50.2 Å². The van der Waals surface area contributed by atoms with Crippen molar-refractivity contribution < 1.29 is 9.53 Å². The summed E-state index contributed by atoms with van der Waals surface area (Å²) in [4.78, 5) is 14.9. The summed E-state index contributed by atoms with van der Waals surface area (Å²) in [6, 6.07) is 7.16. The molecule has 0 spiro atoms. The number of carbonyl (C=O) groups excluding carboxylic acids is 1. The van der Waals surface area contributed by atoms with Gasteiger partial charge in [-0.15, -0.1) is 12.6 Å². The minimum absolute atomic E-state index is 0.0693. The van der Waals surface area contributed by atoms with Crippen molar-refractivity contribution in [1.29, 1.82) is 0 Å². The molecule has 0 aromatic heterocycles. The summed E-state index contributed by atoms with van der Waals surface area (Å²) in [6.07, 6.45) is 0.0804. The summed E-state index contributed by atoms with van der Waals surface area (Å²) in [5.74, 6) is -0.0693. The highest BCUT2D eigenvalue weighted by Crippen LogP contribution is 2.08. The van der Waals surface area contributed by atoms with E-state index in [1.54, 1.807) is 12.1 Å². The van der Waals surface area contributed by atoms with Crippen LogP contribution in [0.2, 0.25) is 0 Å². The largest absolute Gasteiger partial charge is 0.374 e. The van der Waals surface area contributed by atoms with Crippen molar-refractivity contribution >= 4 is 18.5 Å². The number of carbonyl (C=O) groups is 1. The first-order chi connectivity index (χ1) is 8.65. The van der Waals surface area contributed by atoms with E-state index in [1.165, 1.54) is 0 Å². The fourth-order valence-corrected chi connectivity index (χ4v) is 2.06. The van der Waals surface area contributed by atoms with Crippen LogP contribution in [0.15, 0.2) is 29.2 Å². The van der Waals surface area contributed by atoms with Gasteiger partial charge in [-0.1, -0.05) is 0 Å². The van der Waals surface area contributed by atoms with Crippen molar-refractivity contribution in [3.8, 4) is 0 Å². The number of nitrogens with zero attached hydrogens (tertiary/aromatic N) is 1. The predicted octanol–water partition coefficient (Wildman–Crippen LogP) is 1.04. The molecule has 1 N–H and O–H groups in total. The Morgan fingerprint density at radius 2 is 2.22 bits per heavy atom. The lowest BCUT2D eigenvalue weighted by atomic mass is 10.2. The van der Waals surface area contributed by atoms with Crippen molar-refractivity contribution in [2.24, 2.45) is 0 Å². The molecule has 1 saturated heterocycles. The van der Waals surface area contributed by atoms with Crippen molar-refractivity contribution in [3.05, 3.63) is 29.8 Å². The maximum Gasteiger partial charge on any atom is 0.251 e. The number of likely N-dealkylation sites (N-methyl/N-ethyl adjacent to an activating group) is 1. The Bertz CT molecular complexity index is 408. The van der Waals surface area contributed by atoms with Crippen molar-refractivity contribution in [2.75, 3.05) is 33.3 Å². The second-order valence-corrected chi connectivity index (χ2v) is 5.03. The van der Waals surface area contributed by atoms with Gasteiger partial charge in [-0.2, -0.15) is 0 Å². The molecule has 18 heavy (non-hydrogen) atoms. The summed E-state index contributed by atoms with van der Waals surface area (Å²) in [7, 11) is 2.06. The fourth-order valence-electron chi connectivity index (χ4n) is 1.91. The molecule has 1 amide bonds. The Kier molecular flexibility index (Phi) is 4.63. The molecule has 1 fully saturated rings. The Labute approximate surface area is 113 Å². The van der Waals surface area contributed by atoms with E-state index >= 15 is 0 Å². The SMILES string of the molecule is CN1CCOC(CNC(=O)c2ccc(S)cc2)C1. The van der Waals surface area contributed by atoms with Gasteiger partial charge in [0.15, 0.2) is 0 Å². The number of amides is 1. The van der Waals surface area contributed by atoms with E-state index in [0.29, 0.717) is 12.1 Å². The summed E-state index contributed by atoms with van der Waals surface area (Å²) < 4.78 is 5.59. The van der Waals surface area contributed by atoms with Gasteiger partial charge < -0.3 is 15.0 Å². The van der Waals surface area contributed by atoms with Crippen LogP contribution in [-0.2, 0) is 4.74 Å². The van der Waals surface area contributed by atoms with Gasteiger partial charge in [-0.05, 0) is 31.3 Å². The van der Waals surface area contributed by atoms with Gasteiger partial charge in [-0.3, -0.25) is 4.79 Å². The van der Waals surface area contributed by atoms with Crippen LogP contribution in [0.5, 0.6) is 0 Å². The van der Waals surface area contributed by atoms with E-state index in [4.69, 9.17) is 4.74 Å². The highest BCUT2D eigenvalue weighted by molar-refractivity contribution is 7.80. The first kappa shape index (κ1) is 13.4. The number of benzene rings is 1. The first-order valence-electron chi connectivity index (χ1n) is 6.02. The molecular weight excluding hydrogens is 248 g/mol. The summed E-state index contributed by atoms with van der Waals surface area (Å²) in [5, 5.41) is 2.89. The molecule has 1 aliphatic rings. The zero-order valence-electron chi connectivity index (χ0n) is 10.4. The standard InChI is InChI=1S/C13H18N2O2S/c1-15-6-7-17-11(9-15)8-14-13(16)10-2-4-12(18)5-3-10/h2-5,11,18H,6-9H2,1H3,(H,14,16). The van der Waals surface area contributed by atoms with E-state index in [2.05, 4.69) is 29.9 Å². The highest BCUT2D eigenvalue weighted by atomic mass is 32.1. The number of hydrogen-bond acceptors (Lipinski definition) is 4. The molecule has 4 nitrogen and oxygen atoms in total. The molecule has 0 aliphatic carbocycles. The van der Waals surface area contributed by atoms with Crippen molar-refractivity contribution in [2.45, 2.75) is 11.0 Å². The smallest absolute Gasteiger partial charge is 0.251 e. The third-order valence-corrected chi connectivity index (χ3v) is 3.26. The van der Waals surface area contributed by atoms with E-state index in [0.717, 1.165) is 24.6 Å². The molecule has 0 radical (unpaired) electrons. The zero-order valence-corrected chi connectivity index (χ0v) is 11.3. The molecule has 0 bridgehead atoms. The van der Waals surface area contributed by atoms with Gasteiger partial charge in [0.05, 0.1) is 12.7 Å². The lowest BCUT2D eigenvalue weighted by molar-refractivity contribution is -0.0175. The van der Waals surface area contributed by atoms with Crippen LogP contribution in [0.4, 0.5) is 0 Å². The average molecular weight is 266 g/mol. The third-order valence-electron chi connectivity index (χ3n) is 2.96. The maximum absolute atomic E-state index is 11.9. The second kappa shape index (κ2) is 6.22. The minimum Gasteiger partial charge on any atom is -0.374 e. The minimum atomic E-state index is -0.0693. The van der Waals surface area contributed by atoms with Crippen LogP contribution in [0.3, 0.4) is 0 Å². The third kappa shape index (κ3) is 3.73. The molecule has 1 aromatic rings. The van der Waals surface area contributed by atoms with Gasteiger partial charge in [0.25, 0.3) is 5.91 Å². The molecule has 0 saturated carbocycles. The molecule has 1 aliphatic heterocycles. The number of hydrogen-bond donors (Lipinski definition) is 2. The quantitative estimate of drug-likeness (QED) is 0.803. The molecule has 2 rings (SSSR count). The lowest BCUT2D eigenvalue weighted by Gasteiger charge is -2.30. The molecule has 5 heteroatoms. The van der Waals surface area contributed by atoms with Crippen LogP contribution < -0.4 is 5.32 Å². The van der Waals surface area contributed by atoms with Crippen molar-refractivity contribution in [1.82, 2.24) is 10.2 Å². The number of nitrogens with one attached hydrogen (secondary N) is 1. The van der Waals surface area contributed by atoms with Gasteiger partial charge in [0, 0.05) is 30.1 Å². The second-order valence-electron chi connectivity index (χ2n) is 4.51. The van der Waals surface area contributed by atoms with Crippen LogP contribution in [0, 0.1) is 0 Å². The van der Waals surface area contributed by atoms with Crippen LogP contribution in [0.1, 0.15) is 10.4 Å². The Balaban J connectivity index is 1.82. The van der Waals surface area contributed by atoms with Gasteiger partial charge in [-0.25, -0.2) is 0 Å². The fraction of sp³-hybridized carbons (Fsp3) is 0.462. The summed E-state index contributed by atoms with van der Waals surface area (Å²) in [6.45, 7) is 3.08. The topological polar surface area (TPSA) is 41.6 Å². The van der Waals surface area contributed by atoms with E-state index in [9.17, 15) is 4.79 Å². The molecule has 1 heterocycles. The van der Waals surface area contributed by atoms with E-state index in [1.807, 2.05) is 12.1 Å². The van der Waals surface area contributed by atoms with Crippen LogP contribution in [0.25, 0.3) is 0 Å². The van der Waals surface area contributed by atoms with E-state index < -0.39 is 0 Å². The first-order valence-corrected chi connectivity index (χ1v) is 6.47. The Hall–Kier alpha value is -1.04. The summed E-state index contributed by atoms with van der Waals surface area (Å²) in [5.41, 5.74) is 0.650. The molecule has 98 valence electrons. The predicted molar refractivity (Wildman–Crippen MR) is 73.3 cm³/mol. The number of thiol groups is 1. The molecule has 1 unspecified atom stereocenters. The van der Waals surface area contributed by atoms with Gasteiger partial charge in [0.1, 0.15) is 0 Å². The monoisotopic (exact) mass is 266 g/mol. The van der Waals surface area contributed by atoms with Crippen LogP contribution >= 0.6 is 12.6 Å². The van der Waals surface area contributed by atoms with E-state index in [-0.39, 0.29) is 12.0 Å². The number of ether oxygens (including phenoxy) is 1. The van der Waals surface area contributed by atoms with Gasteiger partial charge >= 0.3 is 0 Å².